The molecule has 0 N–H and O–H groups in total. The Morgan fingerprint density at radius 1 is 0.650 bits per heavy atom. The lowest BCUT2D eigenvalue weighted by Crippen LogP contribution is -2.29. The van der Waals surface area contributed by atoms with Gasteiger partial charge in [0.2, 0.25) is 0 Å². The fraction of sp³-hybridized carbons (Fsp3) is 0.333. The second-order valence-corrected chi connectivity index (χ2v) is 13.4. The molecule has 0 radical (unpaired) electrons. The molecule has 4 aromatic carbocycles. The van der Waals surface area contributed by atoms with E-state index in [-0.39, 0.29) is 12.0 Å². The highest BCUT2D eigenvalue weighted by Gasteiger charge is 2.46. The van der Waals surface area contributed by atoms with Crippen molar-refractivity contribution in [3.05, 3.63) is 136 Å². The molecule has 4 aromatic rings. The summed E-state index contributed by atoms with van der Waals surface area (Å²) in [5.74, 6) is 2.13. The number of nitrogens with zero attached hydrogens (tertiary/aromatic N) is 1. The van der Waals surface area contributed by atoms with Crippen LogP contribution in [-0.2, 0) is 23.8 Å². The maximum absolute atomic E-state index is 7.17. The van der Waals surface area contributed by atoms with Gasteiger partial charge in [-0.25, -0.2) is 4.67 Å². The summed E-state index contributed by atoms with van der Waals surface area (Å²) in [6.07, 6.45) is 7.15. The quantitative estimate of drug-likeness (QED) is 0.241. The molecule has 202 valence electrons. The number of hydrogen-bond acceptors (Lipinski definition) is 3. The Balaban J connectivity index is 1.20. The van der Waals surface area contributed by atoms with Gasteiger partial charge in [-0.2, -0.15) is 0 Å². The van der Waals surface area contributed by atoms with E-state index in [4.69, 9.17) is 9.05 Å². The van der Waals surface area contributed by atoms with Gasteiger partial charge in [0.1, 0.15) is 5.75 Å². The van der Waals surface area contributed by atoms with Gasteiger partial charge in [0, 0.05) is 36.4 Å². The van der Waals surface area contributed by atoms with Crippen LogP contribution in [0.25, 0.3) is 0 Å². The fourth-order valence-electron chi connectivity index (χ4n) is 7.78. The molecule has 5 atom stereocenters. The van der Waals surface area contributed by atoms with E-state index >= 15 is 0 Å². The zero-order valence-electron chi connectivity index (χ0n) is 22.9. The van der Waals surface area contributed by atoms with E-state index in [1.54, 1.807) is 5.56 Å². The number of hydrogen-bond donors (Lipinski definition) is 0. The van der Waals surface area contributed by atoms with Gasteiger partial charge in [-0.3, -0.25) is 0 Å². The standard InChI is InChI=1S/C36H36NO2P/c1-3-11-25(12-4-1)31-23-37(24-32(31)26-13-5-2-6-14-26)40-38-33-21-19-27-15-7-9-17-29(27)35(33)36-30-18-10-8-16-28(30)20-22-34(36)39-40/h1-7,9,11-15,17,20,22,31-33,35H,8,10,16,18-19,21,23-24H2/t31-,32-,33?,35?,40?/m0/s1. The molecule has 1 fully saturated rings. The third kappa shape index (κ3) is 4.31. The summed E-state index contributed by atoms with van der Waals surface area (Å²) in [7, 11) is -1.23. The van der Waals surface area contributed by atoms with Crippen LogP contribution in [0.4, 0.5) is 0 Å². The SMILES string of the molecule is c1ccc([C@@H]2CN(P3Oc4ccc5c(c4C4c6ccccc6CCC4O3)CCCC5)C[C@H]2c2ccccc2)cc1. The number of rotatable bonds is 3. The molecule has 1 saturated heterocycles. The van der Waals surface area contributed by atoms with E-state index < -0.39 is 8.53 Å². The molecular weight excluding hydrogens is 509 g/mol. The highest BCUT2D eigenvalue weighted by molar-refractivity contribution is 7.45. The van der Waals surface area contributed by atoms with Crippen molar-refractivity contribution < 1.29 is 9.05 Å². The van der Waals surface area contributed by atoms with Gasteiger partial charge in [0.15, 0.2) is 0 Å². The van der Waals surface area contributed by atoms with Crippen LogP contribution in [0, 0.1) is 0 Å². The highest BCUT2D eigenvalue weighted by atomic mass is 31.2. The van der Waals surface area contributed by atoms with Crippen LogP contribution in [0.3, 0.4) is 0 Å². The molecule has 2 heterocycles. The van der Waals surface area contributed by atoms with Crippen molar-refractivity contribution in [1.82, 2.24) is 4.67 Å². The first-order valence-electron chi connectivity index (χ1n) is 15.1. The van der Waals surface area contributed by atoms with Crippen LogP contribution in [0.2, 0.25) is 0 Å². The van der Waals surface area contributed by atoms with E-state index in [9.17, 15) is 0 Å². The summed E-state index contributed by atoms with van der Waals surface area (Å²) >= 11 is 0. The molecule has 3 nitrogen and oxygen atoms in total. The van der Waals surface area contributed by atoms with Crippen LogP contribution in [0.15, 0.2) is 97.1 Å². The first kappa shape index (κ1) is 24.8. The first-order chi connectivity index (χ1) is 19.8. The molecule has 2 aliphatic carbocycles. The summed E-state index contributed by atoms with van der Waals surface area (Å²) in [5.41, 5.74) is 10.2. The second-order valence-electron chi connectivity index (χ2n) is 11.9. The molecule has 3 unspecified atom stereocenters. The van der Waals surface area contributed by atoms with Gasteiger partial charge in [-0.05, 0) is 78.0 Å². The van der Waals surface area contributed by atoms with Crippen molar-refractivity contribution >= 4 is 8.53 Å². The monoisotopic (exact) mass is 545 g/mol. The molecule has 0 spiro atoms. The van der Waals surface area contributed by atoms with E-state index in [1.165, 1.54) is 52.6 Å². The summed E-state index contributed by atoms with van der Waals surface area (Å²) in [6, 6.07) is 35.8. The average molecular weight is 546 g/mol. The van der Waals surface area contributed by atoms with Crippen LogP contribution in [0.1, 0.15) is 76.0 Å². The molecule has 4 aliphatic rings. The van der Waals surface area contributed by atoms with Crippen LogP contribution < -0.4 is 4.52 Å². The predicted octanol–water partition coefficient (Wildman–Crippen LogP) is 8.53. The Kier molecular flexibility index (Phi) is 6.48. The Morgan fingerprint density at radius 3 is 2.08 bits per heavy atom. The fourth-order valence-corrected chi connectivity index (χ4v) is 9.48. The minimum Gasteiger partial charge on any atom is -0.435 e. The van der Waals surface area contributed by atoms with Crippen LogP contribution in [0.5, 0.6) is 5.75 Å². The second kappa shape index (κ2) is 10.5. The maximum Gasteiger partial charge on any atom is 0.321 e. The molecule has 0 bridgehead atoms. The molecule has 0 saturated carbocycles. The van der Waals surface area contributed by atoms with E-state index in [1.807, 2.05) is 0 Å². The number of fused-ring (bicyclic) bond motifs is 7. The average Bonchev–Trinajstić information content (AvgIpc) is 3.39. The van der Waals surface area contributed by atoms with Crippen molar-refractivity contribution in [3.8, 4) is 5.75 Å². The van der Waals surface area contributed by atoms with Gasteiger partial charge >= 0.3 is 8.53 Å². The topological polar surface area (TPSA) is 21.7 Å². The Labute approximate surface area is 239 Å². The summed E-state index contributed by atoms with van der Waals surface area (Å²) in [6.45, 7) is 1.90. The summed E-state index contributed by atoms with van der Waals surface area (Å²) < 4.78 is 16.8. The Morgan fingerprint density at radius 2 is 1.32 bits per heavy atom. The minimum atomic E-state index is -1.23. The largest absolute Gasteiger partial charge is 0.435 e. The lowest BCUT2D eigenvalue weighted by Gasteiger charge is -2.35. The van der Waals surface area contributed by atoms with Gasteiger partial charge in [0.05, 0.1) is 6.10 Å². The van der Waals surface area contributed by atoms with E-state index in [2.05, 4.69) is 102 Å². The smallest absolute Gasteiger partial charge is 0.321 e. The lowest BCUT2D eigenvalue weighted by atomic mass is 9.73. The number of benzene rings is 4. The van der Waals surface area contributed by atoms with Crippen LogP contribution >= 0.6 is 8.53 Å². The zero-order valence-corrected chi connectivity index (χ0v) is 23.8. The third-order valence-electron chi connectivity index (χ3n) is 9.70. The van der Waals surface area contributed by atoms with E-state index in [0.29, 0.717) is 11.8 Å². The van der Waals surface area contributed by atoms with Crippen molar-refractivity contribution in [1.29, 1.82) is 0 Å². The van der Waals surface area contributed by atoms with Gasteiger partial charge in [-0.15, -0.1) is 0 Å². The molecule has 40 heavy (non-hydrogen) atoms. The molecule has 0 amide bonds. The van der Waals surface area contributed by atoms with Crippen LogP contribution in [-0.4, -0.2) is 23.9 Å². The van der Waals surface area contributed by atoms with Crippen molar-refractivity contribution in [2.75, 3.05) is 13.1 Å². The first-order valence-corrected chi connectivity index (χ1v) is 16.2. The van der Waals surface area contributed by atoms with Gasteiger partial charge in [-0.1, -0.05) is 91.0 Å². The Hall–Kier alpha value is -2.97. The number of aryl methyl sites for hydroxylation is 2. The maximum atomic E-state index is 7.17. The zero-order chi connectivity index (χ0) is 26.5. The highest BCUT2D eigenvalue weighted by Crippen LogP contribution is 2.59. The summed E-state index contributed by atoms with van der Waals surface area (Å²) in [5, 5.41) is 0. The van der Waals surface area contributed by atoms with Crippen molar-refractivity contribution in [2.45, 2.75) is 62.4 Å². The molecular formula is C36H36NO2P. The lowest BCUT2D eigenvalue weighted by molar-refractivity contribution is 0.160. The van der Waals surface area contributed by atoms with Crippen molar-refractivity contribution in [3.63, 3.8) is 0 Å². The molecule has 4 heteroatoms. The molecule has 2 aliphatic heterocycles. The molecule has 8 rings (SSSR count). The van der Waals surface area contributed by atoms with Gasteiger partial charge in [0.25, 0.3) is 0 Å². The normalized spacial score (nSPS) is 27.4. The van der Waals surface area contributed by atoms with Crippen molar-refractivity contribution in [2.24, 2.45) is 0 Å². The Bertz CT molecular complexity index is 1460. The molecule has 0 aromatic heterocycles. The predicted molar refractivity (Wildman–Crippen MR) is 162 cm³/mol. The van der Waals surface area contributed by atoms with Gasteiger partial charge < -0.3 is 9.05 Å². The third-order valence-corrected chi connectivity index (χ3v) is 11.3. The summed E-state index contributed by atoms with van der Waals surface area (Å²) in [4.78, 5) is 0. The minimum absolute atomic E-state index is 0.140. The van der Waals surface area contributed by atoms with E-state index in [0.717, 1.165) is 38.1 Å².